The summed E-state index contributed by atoms with van der Waals surface area (Å²) in [5, 5.41) is 0.566. The molecular formula is C20H17NO3. The van der Waals surface area contributed by atoms with Gasteiger partial charge in [-0.2, -0.15) is 0 Å². The lowest BCUT2D eigenvalue weighted by Crippen LogP contribution is -2.19. The molecule has 4 nitrogen and oxygen atoms in total. The van der Waals surface area contributed by atoms with Crippen molar-refractivity contribution >= 4 is 16.7 Å². The molecule has 3 aromatic rings. The molecule has 1 heterocycles. The van der Waals surface area contributed by atoms with Gasteiger partial charge in [0.1, 0.15) is 5.75 Å². The Labute approximate surface area is 139 Å². The Morgan fingerprint density at radius 2 is 1.75 bits per heavy atom. The SMILES string of the molecule is CCn1c2c(c(=O)c3c(C)c(OC)ccc31)C(=O)c1ccccc1-2. The van der Waals surface area contributed by atoms with Crippen molar-refractivity contribution in [2.24, 2.45) is 0 Å². The molecule has 1 aliphatic rings. The predicted molar refractivity (Wildman–Crippen MR) is 94.0 cm³/mol. The number of aromatic nitrogens is 1. The van der Waals surface area contributed by atoms with Gasteiger partial charge in [-0.15, -0.1) is 0 Å². The van der Waals surface area contributed by atoms with E-state index in [-0.39, 0.29) is 16.8 Å². The Bertz CT molecular complexity index is 1080. The number of carbonyl (C=O) groups is 1. The Morgan fingerprint density at radius 3 is 2.42 bits per heavy atom. The fraction of sp³-hybridized carbons (Fsp3) is 0.200. The quantitative estimate of drug-likeness (QED) is 0.568. The molecule has 0 radical (unpaired) electrons. The Kier molecular flexibility index (Phi) is 3.10. The van der Waals surface area contributed by atoms with Crippen LogP contribution < -0.4 is 10.2 Å². The summed E-state index contributed by atoms with van der Waals surface area (Å²) in [5.74, 6) is 0.474. The maximum atomic E-state index is 13.2. The third-order valence-corrected chi connectivity index (χ3v) is 4.83. The second-order valence-corrected chi connectivity index (χ2v) is 5.96. The molecular weight excluding hydrogens is 302 g/mol. The Balaban J connectivity index is 2.26. The van der Waals surface area contributed by atoms with Gasteiger partial charge in [-0.3, -0.25) is 9.59 Å². The number of hydrogen-bond donors (Lipinski definition) is 0. The van der Waals surface area contributed by atoms with Gasteiger partial charge in [-0.05, 0) is 26.0 Å². The van der Waals surface area contributed by atoms with E-state index in [4.69, 9.17) is 4.74 Å². The third kappa shape index (κ3) is 1.68. The number of hydrogen-bond acceptors (Lipinski definition) is 3. The highest BCUT2D eigenvalue weighted by Gasteiger charge is 2.33. The van der Waals surface area contributed by atoms with Crippen LogP contribution in [-0.4, -0.2) is 17.5 Å². The van der Waals surface area contributed by atoms with Crippen LogP contribution in [0, 0.1) is 6.92 Å². The first-order chi connectivity index (χ1) is 11.6. The van der Waals surface area contributed by atoms with Crippen LogP contribution in [0.5, 0.6) is 5.75 Å². The normalized spacial score (nSPS) is 12.4. The number of carbonyl (C=O) groups excluding carboxylic acids is 1. The van der Waals surface area contributed by atoms with E-state index in [9.17, 15) is 9.59 Å². The number of fused-ring (bicyclic) bond motifs is 4. The standard InChI is InChI=1S/C20H17NO3/c1-4-21-14-9-10-15(24-3)11(2)16(14)20(23)17-18(21)12-7-5-6-8-13(12)19(17)22/h5-10H,4H2,1-3H3. The van der Waals surface area contributed by atoms with Crippen LogP contribution in [0.2, 0.25) is 0 Å². The average molecular weight is 319 g/mol. The van der Waals surface area contributed by atoms with Crippen LogP contribution in [0.4, 0.5) is 0 Å². The monoisotopic (exact) mass is 319 g/mol. The van der Waals surface area contributed by atoms with E-state index in [2.05, 4.69) is 4.57 Å². The number of ketones is 1. The predicted octanol–water partition coefficient (Wildman–Crippen LogP) is 3.55. The van der Waals surface area contributed by atoms with E-state index in [1.54, 1.807) is 13.2 Å². The zero-order valence-electron chi connectivity index (χ0n) is 13.8. The average Bonchev–Trinajstić information content (AvgIpc) is 2.89. The number of ether oxygens (including phenoxy) is 1. The van der Waals surface area contributed by atoms with Gasteiger partial charge in [0.15, 0.2) is 5.78 Å². The minimum atomic E-state index is -0.206. The molecule has 0 atom stereocenters. The number of methoxy groups -OCH3 is 1. The molecule has 0 saturated carbocycles. The number of rotatable bonds is 2. The molecule has 0 amide bonds. The lowest BCUT2D eigenvalue weighted by molar-refractivity contribution is 0.104. The second-order valence-electron chi connectivity index (χ2n) is 5.96. The van der Waals surface area contributed by atoms with Crippen molar-refractivity contribution in [3.63, 3.8) is 0 Å². The van der Waals surface area contributed by atoms with Crippen LogP contribution in [0.3, 0.4) is 0 Å². The maximum absolute atomic E-state index is 13.2. The zero-order valence-corrected chi connectivity index (χ0v) is 13.8. The van der Waals surface area contributed by atoms with Gasteiger partial charge >= 0.3 is 0 Å². The summed E-state index contributed by atoms with van der Waals surface area (Å²) >= 11 is 0. The largest absolute Gasteiger partial charge is 0.496 e. The van der Waals surface area contributed by atoms with E-state index in [1.807, 2.05) is 44.2 Å². The third-order valence-electron chi connectivity index (χ3n) is 4.83. The van der Waals surface area contributed by atoms with E-state index in [0.29, 0.717) is 23.2 Å². The first-order valence-electron chi connectivity index (χ1n) is 7.98. The molecule has 1 aromatic heterocycles. The summed E-state index contributed by atoms with van der Waals surface area (Å²) in [5.41, 5.74) is 3.86. The first-order valence-corrected chi connectivity index (χ1v) is 7.98. The molecule has 0 N–H and O–H groups in total. The molecule has 1 aliphatic carbocycles. The summed E-state index contributed by atoms with van der Waals surface area (Å²) in [6.45, 7) is 4.56. The van der Waals surface area contributed by atoms with E-state index >= 15 is 0 Å². The Hall–Kier alpha value is -2.88. The van der Waals surface area contributed by atoms with E-state index in [1.165, 1.54) is 0 Å². The molecule has 4 rings (SSSR count). The van der Waals surface area contributed by atoms with E-state index < -0.39 is 0 Å². The van der Waals surface area contributed by atoms with Gasteiger partial charge in [0.25, 0.3) is 0 Å². The second kappa shape index (κ2) is 5.06. The summed E-state index contributed by atoms with van der Waals surface area (Å²) in [4.78, 5) is 26.0. The molecule has 0 spiro atoms. The number of pyridine rings is 1. The van der Waals surface area contributed by atoms with Gasteiger partial charge in [-0.1, -0.05) is 24.3 Å². The number of nitrogens with zero attached hydrogens (tertiary/aromatic N) is 1. The van der Waals surface area contributed by atoms with Crippen molar-refractivity contribution in [2.45, 2.75) is 20.4 Å². The fourth-order valence-corrected chi connectivity index (χ4v) is 3.74. The van der Waals surface area contributed by atoms with Gasteiger partial charge < -0.3 is 9.30 Å². The summed E-state index contributed by atoms with van der Waals surface area (Å²) in [7, 11) is 1.58. The molecule has 24 heavy (non-hydrogen) atoms. The van der Waals surface area contributed by atoms with Crippen LogP contribution in [-0.2, 0) is 6.54 Å². The number of aryl methyl sites for hydroxylation is 2. The smallest absolute Gasteiger partial charge is 0.201 e. The van der Waals surface area contributed by atoms with E-state index in [0.717, 1.165) is 22.3 Å². The van der Waals surface area contributed by atoms with Gasteiger partial charge in [0.05, 0.1) is 29.3 Å². The van der Waals surface area contributed by atoms with Crippen molar-refractivity contribution in [2.75, 3.05) is 7.11 Å². The Morgan fingerprint density at radius 1 is 1.04 bits per heavy atom. The highest BCUT2D eigenvalue weighted by molar-refractivity contribution is 6.22. The van der Waals surface area contributed by atoms with Gasteiger partial charge in [-0.25, -0.2) is 0 Å². The molecule has 0 unspecified atom stereocenters. The van der Waals surface area contributed by atoms with Crippen LogP contribution in [0.15, 0.2) is 41.2 Å². The van der Waals surface area contributed by atoms with Crippen molar-refractivity contribution in [3.05, 3.63) is 63.3 Å². The van der Waals surface area contributed by atoms with Gasteiger partial charge in [0.2, 0.25) is 5.43 Å². The minimum absolute atomic E-state index is 0.183. The molecule has 4 heteroatoms. The van der Waals surface area contributed by atoms with Crippen LogP contribution in [0.25, 0.3) is 22.2 Å². The van der Waals surface area contributed by atoms with Crippen molar-refractivity contribution in [1.82, 2.24) is 4.57 Å². The van der Waals surface area contributed by atoms with Crippen LogP contribution in [0.1, 0.15) is 28.4 Å². The number of benzene rings is 2. The van der Waals surface area contributed by atoms with Crippen molar-refractivity contribution < 1.29 is 9.53 Å². The lowest BCUT2D eigenvalue weighted by atomic mass is 10.0. The molecule has 0 saturated heterocycles. The summed E-state index contributed by atoms with van der Waals surface area (Å²) in [6.07, 6.45) is 0. The molecule has 2 aromatic carbocycles. The van der Waals surface area contributed by atoms with Crippen LogP contribution >= 0.6 is 0 Å². The van der Waals surface area contributed by atoms with Crippen molar-refractivity contribution in [3.8, 4) is 17.0 Å². The highest BCUT2D eigenvalue weighted by atomic mass is 16.5. The zero-order chi connectivity index (χ0) is 17.0. The molecule has 0 fully saturated rings. The highest BCUT2D eigenvalue weighted by Crippen LogP contribution is 2.38. The maximum Gasteiger partial charge on any atom is 0.201 e. The fourth-order valence-electron chi connectivity index (χ4n) is 3.74. The molecule has 0 aliphatic heterocycles. The van der Waals surface area contributed by atoms with Gasteiger partial charge in [0, 0.05) is 23.2 Å². The summed E-state index contributed by atoms with van der Waals surface area (Å²) in [6, 6.07) is 11.2. The molecule has 0 bridgehead atoms. The minimum Gasteiger partial charge on any atom is -0.496 e. The molecule has 120 valence electrons. The lowest BCUT2D eigenvalue weighted by Gasteiger charge is -2.17. The summed E-state index contributed by atoms with van der Waals surface area (Å²) < 4.78 is 7.41. The van der Waals surface area contributed by atoms with Crippen molar-refractivity contribution in [1.29, 1.82) is 0 Å². The topological polar surface area (TPSA) is 48.3 Å². The first kappa shape index (κ1) is 14.7.